The van der Waals surface area contributed by atoms with Crippen LogP contribution in [-0.4, -0.2) is 32.4 Å². The molecule has 3 aromatic carbocycles. The minimum absolute atomic E-state index is 0.0635. The molecule has 2 N–H and O–H groups in total. The summed E-state index contributed by atoms with van der Waals surface area (Å²) in [5.41, 5.74) is 1.78. The van der Waals surface area contributed by atoms with E-state index in [1.807, 2.05) is 6.07 Å². The summed E-state index contributed by atoms with van der Waals surface area (Å²) in [6, 6.07) is 16.8. The van der Waals surface area contributed by atoms with Crippen molar-refractivity contribution in [3.05, 3.63) is 93.5 Å². The van der Waals surface area contributed by atoms with Crippen LogP contribution in [0.15, 0.2) is 71.6 Å². The number of rotatable bonds is 9. The molecule has 1 atom stereocenters. The molecule has 9 nitrogen and oxygen atoms in total. The van der Waals surface area contributed by atoms with Crippen LogP contribution in [0.3, 0.4) is 0 Å². The lowest BCUT2D eigenvalue weighted by Gasteiger charge is -2.20. The fraction of sp³-hybridized carbons (Fsp3) is 0.208. The number of benzene rings is 3. The van der Waals surface area contributed by atoms with Crippen molar-refractivity contribution in [1.82, 2.24) is 4.72 Å². The van der Waals surface area contributed by atoms with E-state index in [0.29, 0.717) is 5.56 Å². The summed E-state index contributed by atoms with van der Waals surface area (Å²) in [7, 11) is -2.79. The number of hydrogen-bond donors (Lipinski definition) is 2. The highest BCUT2D eigenvalue weighted by molar-refractivity contribution is 7.89. The number of hydrogen-bond acceptors (Lipinski definition) is 6. The smallest absolute Gasteiger partial charge is 0.274 e. The molecule has 3 rings (SSSR count). The predicted molar refractivity (Wildman–Crippen MR) is 128 cm³/mol. The van der Waals surface area contributed by atoms with Gasteiger partial charge in [-0.2, -0.15) is 4.72 Å². The fourth-order valence-corrected chi connectivity index (χ4v) is 4.91. The first-order valence-corrected chi connectivity index (χ1v) is 11.9. The van der Waals surface area contributed by atoms with Gasteiger partial charge in [-0.3, -0.25) is 14.9 Å². The Kier molecular flexibility index (Phi) is 7.64. The standard InChI is InChI=1S/C24H25N3O6S/c1-16-12-13-22(33-3)23(14-16)34(31,32)26-20(15-18-8-5-4-6-9-18)24(28)25-19-10-7-11-21(17(19)2)27(29)30/h4-14,20,26H,15H2,1-3H3,(H,25,28). The molecule has 1 unspecified atom stereocenters. The van der Waals surface area contributed by atoms with Crippen LogP contribution in [-0.2, 0) is 21.2 Å². The first-order valence-electron chi connectivity index (χ1n) is 10.4. The SMILES string of the molecule is COc1ccc(C)cc1S(=O)(=O)NC(Cc1ccccc1)C(=O)Nc1cccc([N+](=O)[O-])c1C. The topological polar surface area (TPSA) is 128 Å². The molecule has 0 aromatic heterocycles. The Morgan fingerprint density at radius 2 is 1.76 bits per heavy atom. The fourth-order valence-electron chi connectivity index (χ4n) is 3.46. The molecule has 3 aromatic rings. The first kappa shape index (κ1) is 24.9. The third kappa shape index (κ3) is 5.77. The van der Waals surface area contributed by atoms with Gasteiger partial charge in [0.05, 0.1) is 23.3 Å². The Bertz CT molecular complexity index is 1310. The highest BCUT2D eigenvalue weighted by atomic mass is 32.2. The van der Waals surface area contributed by atoms with Crippen LogP contribution in [0, 0.1) is 24.0 Å². The summed E-state index contributed by atoms with van der Waals surface area (Å²) in [6.45, 7) is 3.26. The van der Waals surface area contributed by atoms with Crippen molar-refractivity contribution in [2.75, 3.05) is 12.4 Å². The van der Waals surface area contributed by atoms with E-state index in [2.05, 4.69) is 10.0 Å². The minimum Gasteiger partial charge on any atom is -0.495 e. The lowest BCUT2D eigenvalue weighted by atomic mass is 10.1. The molecular formula is C24H25N3O6S. The number of carbonyl (C=O) groups excluding carboxylic acids is 1. The van der Waals surface area contributed by atoms with E-state index in [4.69, 9.17) is 4.74 Å². The van der Waals surface area contributed by atoms with Crippen molar-refractivity contribution >= 4 is 27.3 Å². The number of anilines is 1. The van der Waals surface area contributed by atoms with Gasteiger partial charge in [0.2, 0.25) is 15.9 Å². The second-order valence-corrected chi connectivity index (χ2v) is 9.40. The maximum atomic E-state index is 13.3. The van der Waals surface area contributed by atoms with Gasteiger partial charge in [0, 0.05) is 6.07 Å². The Hall–Kier alpha value is -3.76. The van der Waals surface area contributed by atoms with Gasteiger partial charge in [-0.1, -0.05) is 42.5 Å². The first-order chi connectivity index (χ1) is 16.1. The number of ether oxygens (including phenoxy) is 1. The Labute approximate surface area is 198 Å². The largest absolute Gasteiger partial charge is 0.495 e. The molecule has 0 saturated carbocycles. The third-order valence-electron chi connectivity index (χ3n) is 5.26. The minimum atomic E-state index is -4.16. The van der Waals surface area contributed by atoms with Crippen molar-refractivity contribution in [3.63, 3.8) is 0 Å². The third-order valence-corrected chi connectivity index (χ3v) is 6.76. The molecule has 0 aliphatic rings. The van der Waals surface area contributed by atoms with E-state index in [9.17, 15) is 23.3 Å². The number of sulfonamides is 1. The number of nitro benzene ring substituents is 1. The summed E-state index contributed by atoms with van der Waals surface area (Å²) in [4.78, 5) is 23.9. The lowest BCUT2D eigenvalue weighted by molar-refractivity contribution is -0.385. The normalized spacial score (nSPS) is 12.1. The summed E-state index contributed by atoms with van der Waals surface area (Å²) < 4.78 is 34.2. The summed E-state index contributed by atoms with van der Waals surface area (Å²) >= 11 is 0. The number of methoxy groups -OCH3 is 1. The molecule has 34 heavy (non-hydrogen) atoms. The molecule has 0 spiro atoms. The van der Waals surface area contributed by atoms with Crippen molar-refractivity contribution in [2.24, 2.45) is 0 Å². The molecule has 0 aliphatic carbocycles. The van der Waals surface area contributed by atoms with Crippen LogP contribution in [0.4, 0.5) is 11.4 Å². The zero-order chi connectivity index (χ0) is 24.9. The van der Waals surface area contributed by atoms with Gasteiger partial charge >= 0.3 is 0 Å². The van der Waals surface area contributed by atoms with E-state index in [0.717, 1.165) is 5.56 Å². The van der Waals surface area contributed by atoms with Gasteiger partial charge in [0.25, 0.3) is 5.69 Å². The molecule has 10 heteroatoms. The average molecular weight is 484 g/mol. The molecule has 0 fully saturated rings. The van der Waals surface area contributed by atoms with Crippen LogP contribution < -0.4 is 14.8 Å². The second-order valence-electron chi connectivity index (χ2n) is 7.71. The summed E-state index contributed by atoms with van der Waals surface area (Å²) in [6.07, 6.45) is 0.0635. The molecule has 0 radical (unpaired) electrons. The number of nitro groups is 1. The molecule has 0 bridgehead atoms. The van der Waals surface area contributed by atoms with Crippen molar-refractivity contribution in [1.29, 1.82) is 0 Å². The summed E-state index contributed by atoms with van der Waals surface area (Å²) in [5, 5.41) is 13.9. The zero-order valence-electron chi connectivity index (χ0n) is 18.9. The second kappa shape index (κ2) is 10.4. The number of nitrogens with zero attached hydrogens (tertiary/aromatic N) is 1. The highest BCUT2D eigenvalue weighted by Crippen LogP contribution is 2.27. The highest BCUT2D eigenvalue weighted by Gasteiger charge is 2.29. The molecule has 178 valence electrons. The van der Waals surface area contributed by atoms with Gasteiger partial charge in [0.15, 0.2) is 0 Å². The van der Waals surface area contributed by atoms with E-state index in [1.165, 1.54) is 38.3 Å². The van der Waals surface area contributed by atoms with Crippen LogP contribution in [0.5, 0.6) is 5.75 Å². The van der Waals surface area contributed by atoms with E-state index >= 15 is 0 Å². The quantitative estimate of drug-likeness (QED) is 0.352. The molecule has 0 aliphatic heterocycles. The maximum absolute atomic E-state index is 13.3. The zero-order valence-corrected chi connectivity index (χ0v) is 19.8. The van der Waals surface area contributed by atoms with E-state index in [-0.39, 0.29) is 34.0 Å². The van der Waals surface area contributed by atoms with Crippen LogP contribution in [0.2, 0.25) is 0 Å². The van der Waals surface area contributed by atoms with Gasteiger partial charge in [-0.15, -0.1) is 0 Å². The van der Waals surface area contributed by atoms with E-state index in [1.54, 1.807) is 43.3 Å². The van der Waals surface area contributed by atoms with E-state index < -0.39 is 26.9 Å². The van der Waals surface area contributed by atoms with Crippen LogP contribution in [0.25, 0.3) is 0 Å². The number of nitrogens with one attached hydrogen (secondary N) is 2. The maximum Gasteiger partial charge on any atom is 0.274 e. The van der Waals surface area contributed by atoms with Gasteiger partial charge in [-0.25, -0.2) is 8.42 Å². The van der Waals surface area contributed by atoms with Crippen molar-refractivity contribution in [2.45, 2.75) is 31.2 Å². The number of carbonyl (C=O) groups is 1. The van der Waals surface area contributed by atoms with Gasteiger partial charge in [-0.05, 0) is 49.6 Å². The van der Waals surface area contributed by atoms with Crippen LogP contribution >= 0.6 is 0 Å². The lowest BCUT2D eigenvalue weighted by Crippen LogP contribution is -2.45. The van der Waals surface area contributed by atoms with Crippen molar-refractivity contribution < 1.29 is 22.9 Å². The molecule has 0 saturated heterocycles. The Morgan fingerprint density at radius 1 is 1.06 bits per heavy atom. The van der Waals surface area contributed by atoms with Crippen LogP contribution in [0.1, 0.15) is 16.7 Å². The number of amides is 1. The Morgan fingerprint density at radius 3 is 2.41 bits per heavy atom. The number of aryl methyl sites for hydroxylation is 1. The molecule has 0 heterocycles. The summed E-state index contributed by atoms with van der Waals surface area (Å²) in [5.74, 6) is -0.505. The predicted octanol–water partition coefficient (Wildman–Crippen LogP) is 3.75. The van der Waals surface area contributed by atoms with Gasteiger partial charge in [0.1, 0.15) is 16.7 Å². The molecule has 1 amide bonds. The monoisotopic (exact) mass is 483 g/mol. The Balaban J connectivity index is 1.96. The molecular weight excluding hydrogens is 458 g/mol. The average Bonchev–Trinajstić information content (AvgIpc) is 2.80. The van der Waals surface area contributed by atoms with Gasteiger partial charge < -0.3 is 10.1 Å². The van der Waals surface area contributed by atoms with Crippen molar-refractivity contribution in [3.8, 4) is 5.75 Å².